The molecular formula is C13H26BF4N2O-. The third-order valence-corrected chi connectivity index (χ3v) is 3.04. The zero-order valence-electron chi connectivity index (χ0n) is 12.7. The number of β-amino-alcohol motifs (C(OH)–C–C–N with tert-alkyl or cyclic N) is 1. The van der Waals surface area contributed by atoms with Gasteiger partial charge in [-0.1, -0.05) is 39.0 Å². The van der Waals surface area contributed by atoms with Gasteiger partial charge in [-0.25, -0.2) is 0 Å². The predicted octanol–water partition coefficient (Wildman–Crippen LogP) is 3.69. The van der Waals surface area contributed by atoms with E-state index in [2.05, 4.69) is 29.1 Å². The fourth-order valence-electron chi connectivity index (χ4n) is 2.03. The van der Waals surface area contributed by atoms with Crippen molar-refractivity contribution in [2.75, 3.05) is 26.4 Å². The van der Waals surface area contributed by atoms with Crippen LogP contribution in [0.15, 0.2) is 12.4 Å². The highest BCUT2D eigenvalue weighted by Crippen LogP contribution is 2.10. The summed E-state index contributed by atoms with van der Waals surface area (Å²) < 4.78 is 39.0. The van der Waals surface area contributed by atoms with Crippen molar-refractivity contribution in [3.05, 3.63) is 12.4 Å². The molecule has 1 heterocycles. The molecule has 3 nitrogen and oxygen atoms in total. The molecular weight excluding hydrogens is 287 g/mol. The second kappa shape index (κ2) is 11.7. The smallest absolute Gasteiger partial charge is 0.418 e. The molecule has 1 aliphatic heterocycles. The van der Waals surface area contributed by atoms with E-state index >= 15 is 0 Å². The molecule has 0 atom stereocenters. The molecule has 0 aromatic rings. The van der Waals surface area contributed by atoms with Crippen LogP contribution in [0.1, 0.15) is 45.4 Å². The second-order valence-corrected chi connectivity index (χ2v) is 5.05. The van der Waals surface area contributed by atoms with Gasteiger partial charge in [0.1, 0.15) is 0 Å². The third-order valence-electron chi connectivity index (χ3n) is 3.04. The quantitative estimate of drug-likeness (QED) is 0.399. The van der Waals surface area contributed by atoms with Gasteiger partial charge in [0.25, 0.3) is 0 Å². The van der Waals surface area contributed by atoms with Gasteiger partial charge in [0.05, 0.1) is 13.3 Å². The van der Waals surface area contributed by atoms with Gasteiger partial charge in [0.2, 0.25) is 0 Å². The maximum atomic E-state index is 9.75. The highest BCUT2D eigenvalue weighted by Gasteiger charge is 2.20. The maximum absolute atomic E-state index is 9.75. The zero-order valence-corrected chi connectivity index (χ0v) is 12.7. The third kappa shape index (κ3) is 15.3. The summed E-state index contributed by atoms with van der Waals surface area (Å²) in [6.45, 7) is 5.36. The number of hydrogen-bond donors (Lipinski definition) is 1. The molecule has 0 fully saturated rings. The molecule has 0 bridgehead atoms. The largest absolute Gasteiger partial charge is 0.673 e. The molecule has 21 heavy (non-hydrogen) atoms. The summed E-state index contributed by atoms with van der Waals surface area (Å²) in [4.78, 5) is 4.48. The van der Waals surface area contributed by atoms with Crippen LogP contribution in [-0.4, -0.2) is 48.5 Å². The zero-order chi connectivity index (χ0) is 16.1. The van der Waals surface area contributed by atoms with E-state index in [0.29, 0.717) is 0 Å². The Hall–Kier alpha value is -0.915. The van der Waals surface area contributed by atoms with Gasteiger partial charge in [-0.15, -0.1) is 0 Å². The topological polar surface area (TPSA) is 26.7 Å². The average Bonchev–Trinajstić information content (AvgIpc) is 2.80. The molecule has 0 amide bonds. The lowest BCUT2D eigenvalue weighted by Crippen LogP contribution is -2.27. The minimum atomic E-state index is -6.00. The van der Waals surface area contributed by atoms with Gasteiger partial charge in [-0.3, -0.25) is 0 Å². The summed E-state index contributed by atoms with van der Waals surface area (Å²) in [6, 6.07) is 0. The molecule has 1 N–H and O–H groups in total. The van der Waals surface area contributed by atoms with Crippen LogP contribution in [0.4, 0.5) is 17.3 Å². The van der Waals surface area contributed by atoms with Gasteiger partial charge in [0, 0.05) is 25.5 Å². The summed E-state index contributed by atoms with van der Waals surface area (Å²) in [5.74, 6) is 0. The van der Waals surface area contributed by atoms with E-state index in [0.717, 1.165) is 19.8 Å². The fourth-order valence-corrected chi connectivity index (χ4v) is 2.03. The minimum Gasteiger partial charge on any atom is -0.418 e. The number of aliphatic hydroxyl groups excluding tert-OH is 1. The van der Waals surface area contributed by atoms with Gasteiger partial charge >= 0.3 is 7.25 Å². The number of nitrogens with zero attached hydrogens (tertiary/aromatic N) is 2. The Morgan fingerprint density at radius 3 is 1.90 bits per heavy atom. The number of halogens is 4. The first-order valence-corrected chi connectivity index (χ1v) is 7.51. The highest BCUT2D eigenvalue weighted by molar-refractivity contribution is 6.50. The molecule has 0 aliphatic carbocycles. The van der Waals surface area contributed by atoms with Crippen LogP contribution in [-0.2, 0) is 0 Å². The van der Waals surface area contributed by atoms with Gasteiger partial charge in [-0.05, 0) is 6.42 Å². The van der Waals surface area contributed by atoms with Crippen molar-refractivity contribution in [3.8, 4) is 0 Å². The van der Waals surface area contributed by atoms with Crippen molar-refractivity contribution >= 4 is 7.25 Å². The molecule has 0 aromatic carbocycles. The Morgan fingerprint density at radius 1 is 0.905 bits per heavy atom. The number of rotatable bonds is 9. The summed E-state index contributed by atoms with van der Waals surface area (Å²) in [6.07, 6.45) is 12.3. The standard InChI is InChI=1S/C13H26N2O.BF4/c1-2-3-4-5-6-7-8-14-9-10-15(13-14)11-12-16;2-1(3,4)5/h9-10,16H,2-8,11-13H2,1H3;/q;-1. The Kier molecular flexibility index (Phi) is 11.2. The SMILES string of the molecule is CCCCCCCCN1C=CN(CCO)C1.F[B-](F)(F)F. The summed E-state index contributed by atoms with van der Waals surface area (Å²) in [5.41, 5.74) is 0. The molecule has 0 unspecified atom stereocenters. The number of hydrogen-bond acceptors (Lipinski definition) is 3. The highest BCUT2D eigenvalue weighted by atomic mass is 19.5. The van der Waals surface area contributed by atoms with Gasteiger partial charge < -0.3 is 32.2 Å². The van der Waals surface area contributed by atoms with Crippen LogP contribution >= 0.6 is 0 Å². The van der Waals surface area contributed by atoms with Crippen molar-refractivity contribution in [1.82, 2.24) is 9.80 Å². The predicted molar refractivity (Wildman–Crippen MR) is 78.1 cm³/mol. The molecule has 0 aromatic heterocycles. The molecule has 0 saturated heterocycles. The Balaban J connectivity index is 0.000000690. The van der Waals surface area contributed by atoms with E-state index in [1.165, 1.54) is 38.5 Å². The summed E-state index contributed by atoms with van der Waals surface area (Å²) >= 11 is 0. The normalized spacial score (nSPS) is 14.4. The lowest BCUT2D eigenvalue weighted by Gasteiger charge is -2.20. The molecule has 126 valence electrons. The van der Waals surface area contributed by atoms with Crippen LogP contribution < -0.4 is 0 Å². The number of aliphatic hydroxyl groups is 1. The lowest BCUT2D eigenvalue weighted by molar-refractivity contribution is 0.204. The van der Waals surface area contributed by atoms with E-state index in [-0.39, 0.29) is 6.61 Å². The molecule has 8 heteroatoms. The molecule has 1 aliphatic rings. The molecule has 0 radical (unpaired) electrons. The molecule has 1 rings (SSSR count). The van der Waals surface area contributed by atoms with E-state index in [1.54, 1.807) is 0 Å². The second-order valence-electron chi connectivity index (χ2n) is 5.05. The lowest BCUT2D eigenvalue weighted by atomic mass is 10.1. The van der Waals surface area contributed by atoms with Crippen molar-refractivity contribution in [2.24, 2.45) is 0 Å². The number of unbranched alkanes of at least 4 members (excludes halogenated alkanes) is 5. The van der Waals surface area contributed by atoms with Crippen molar-refractivity contribution in [1.29, 1.82) is 0 Å². The van der Waals surface area contributed by atoms with E-state index in [1.807, 2.05) is 0 Å². The molecule has 0 saturated carbocycles. The Labute approximate surface area is 124 Å². The first-order valence-electron chi connectivity index (χ1n) is 7.51. The van der Waals surface area contributed by atoms with Crippen molar-refractivity contribution in [2.45, 2.75) is 45.4 Å². The fraction of sp³-hybridized carbons (Fsp3) is 0.846. The van der Waals surface area contributed by atoms with Crippen LogP contribution in [0, 0.1) is 0 Å². The van der Waals surface area contributed by atoms with Crippen molar-refractivity contribution in [3.63, 3.8) is 0 Å². The van der Waals surface area contributed by atoms with E-state index < -0.39 is 7.25 Å². The Bertz CT molecular complexity index is 271. The van der Waals surface area contributed by atoms with Crippen LogP contribution in [0.5, 0.6) is 0 Å². The monoisotopic (exact) mass is 313 g/mol. The first kappa shape index (κ1) is 20.1. The maximum Gasteiger partial charge on any atom is 0.673 e. The van der Waals surface area contributed by atoms with Gasteiger partial charge in [0.15, 0.2) is 0 Å². The van der Waals surface area contributed by atoms with Crippen molar-refractivity contribution < 1.29 is 22.4 Å². The average molecular weight is 313 g/mol. The molecule has 0 spiro atoms. The van der Waals surface area contributed by atoms with E-state index in [9.17, 15) is 17.3 Å². The first-order chi connectivity index (χ1) is 9.86. The summed E-state index contributed by atoms with van der Waals surface area (Å²) in [5, 5.41) is 8.82. The van der Waals surface area contributed by atoms with Crippen LogP contribution in [0.2, 0.25) is 0 Å². The summed E-state index contributed by atoms with van der Waals surface area (Å²) in [7, 11) is -6.00. The Morgan fingerprint density at radius 2 is 1.38 bits per heavy atom. The minimum absolute atomic E-state index is 0.245. The van der Waals surface area contributed by atoms with E-state index in [4.69, 9.17) is 5.11 Å². The van der Waals surface area contributed by atoms with Crippen LogP contribution in [0.25, 0.3) is 0 Å². The van der Waals surface area contributed by atoms with Crippen LogP contribution in [0.3, 0.4) is 0 Å². The van der Waals surface area contributed by atoms with Gasteiger partial charge in [-0.2, -0.15) is 0 Å².